The van der Waals surface area contributed by atoms with Crippen molar-refractivity contribution < 1.29 is 27.7 Å². The number of terminal acetylenes is 1. The normalized spacial score (nSPS) is 24.1. The minimum Gasteiger partial charge on any atom is -0.378 e. The van der Waals surface area contributed by atoms with Crippen molar-refractivity contribution in [3.8, 4) is 12.3 Å². The Morgan fingerprint density at radius 3 is 2.13 bits per heavy atom. The van der Waals surface area contributed by atoms with E-state index in [1.54, 1.807) is 0 Å². The molecule has 11 heteroatoms. The number of rotatable bonds is 22. The Labute approximate surface area is 323 Å². The van der Waals surface area contributed by atoms with Crippen molar-refractivity contribution >= 4 is 11.7 Å². The number of hydrogen-bond acceptors (Lipinski definition) is 8. The first-order valence-electron chi connectivity index (χ1n) is 20.6. The van der Waals surface area contributed by atoms with Crippen LogP contribution in [0.15, 0.2) is 30.3 Å². The van der Waals surface area contributed by atoms with Gasteiger partial charge >= 0.3 is 0 Å². The molecule has 0 bridgehead atoms. The SMILES string of the molecule is C#CCOCCOCCOCCOCCN1CC2(CC(C(=N)N(C(C)=N)C(C)CC3CCC(C)N3CCC(c3ccccc3)C3CCC(F)(F)CC3)C2)C1. The van der Waals surface area contributed by atoms with Gasteiger partial charge in [-0.3, -0.25) is 20.6 Å². The van der Waals surface area contributed by atoms with E-state index in [1.165, 1.54) is 5.56 Å². The van der Waals surface area contributed by atoms with Gasteiger partial charge in [-0.1, -0.05) is 36.3 Å². The quantitative estimate of drug-likeness (QED) is 0.0555. The molecule has 2 aliphatic carbocycles. The molecule has 4 fully saturated rings. The summed E-state index contributed by atoms with van der Waals surface area (Å²) in [6.07, 6.45) is 12.5. The van der Waals surface area contributed by atoms with Gasteiger partial charge in [-0.25, -0.2) is 8.78 Å². The van der Waals surface area contributed by atoms with Gasteiger partial charge in [0.15, 0.2) is 0 Å². The van der Waals surface area contributed by atoms with E-state index < -0.39 is 5.92 Å². The Morgan fingerprint density at radius 2 is 1.52 bits per heavy atom. The predicted molar refractivity (Wildman–Crippen MR) is 211 cm³/mol. The third kappa shape index (κ3) is 12.0. The summed E-state index contributed by atoms with van der Waals surface area (Å²) in [7, 11) is 0. The lowest BCUT2D eigenvalue weighted by Gasteiger charge is -2.60. The molecule has 2 saturated carbocycles. The lowest BCUT2D eigenvalue weighted by Crippen LogP contribution is -2.65. The van der Waals surface area contributed by atoms with E-state index >= 15 is 0 Å². The molecule has 54 heavy (non-hydrogen) atoms. The fourth-order valence-corrected chi connectivity index (χ4v) is 9.84. The van der Waals surface area contributed by atoms with Gasteiger partial charge in [-0.05, 0) is 101 Å². The summed E-state index contributed by atoms with van der Waals surface area (Å²) in [4.78, 5) is 7.10. The highest BCUT2D eigenvalue weighted by Gasteiger charge is 2.54. The van der Waals surface area contributed by atoms with Crippen LogP contribution in [0, 0.1) is 40.4 Å². The van der Waals surface area contributed by atoms with Gasteiger partial charge in [0.1, 0.15) is 12.4 Å². The number of nitrogens with zero attached hydrogens (tertiary/aromatic N) is 3. The molecule has 0 amide bonds. The van der Waals surface area contributed by atoms with Gasteiger partial charge in [0.2, 0.25) is 5.92 Å². The Morgan fingerprint density at radius 1 is 0.907 bits per heavy atom. The van der Waals surface area contributed by atoms with Crippen LogP contribution in [0.5, 0.6) is 0 Å². The van der Waals surface area contributed by atoms with Gasteiger partial charge in [0.25, 0.3) is 0 Å². The van der Waals surface area contributed by atoms with Crippen molar-refractivity contribution in [2.75, 3.05) is 79.0 Å². The van der Waals surface area contributed by atoms with E-state index in [4.69, 9.17) is 30.8 Å². The highest BCUT2D eigenvalue weighted by atomic mass is 19.3. The second kappa shape index (κ2) is 20.6. The number of likely N-dealkylation sites (tertiary alicyclic amines) is 2. The average Bonchev–Trinajstić information content (AvgIpc) is 3.45. The number of benzene rings is 1. The molecule has 1 spiro atoms. The molecule has 4 aliphatic rings. The molecule has 0 aromatic heterocycles. The number of ether oxygens (including phenoxy) is 4. The van der Waals surface area contributed by atoms with Crippen LogP contribution < -0.4 is 0 Å². The number of halogens is 2. The maximum Gasteiger partial charge on any atom is 0.248 e. The van der Waals surface area contributed by atoms with Crippen molar-refractivity contribution in [3.63, 3.8) is 0 Å². The molecule has 0 radical (unpaired) electrons. The fourth-order valence-electron chi connectivity index (χ4n) is 9.84. The summed E-state index contributed by atoms with van der Waals surface area (Å²) in [5, 5.41) is 17.9. The van der Waals surface area contributed by atoms with Crippen LogP contribution in [-0.2, 0) is 18.9 Å². The zero-order chi connectivity index (χ0) is 38.6. The molecular weight excluding hydrogens is 689 g/mol. The third-order valence-corrected chi connectivity index (χ3v) is 12.6. The number of amidine groups is 2. The lowest BCUT2D eigenvalue weighted by atomic mass is 9.57. The molecule has 4 atom stereocenters. The second-order valence-corrected chi connectivity index (χ2v) is 16.7. The standard InChI is InChI=1S/C43H67F2N5O4/c1-5-20-51-22-24-53-26-27-54-25-23-52-21-19-48-31-42(32-48)29-38(30-42)41(47)50(35(4)46)34(3)28-39-12-11-33(2)49(39)18-15-40(36-9-7-6-8-10-36)37-13-16-43(44,45)17-14-37/h1,6-10,33-34,37-40,46-47H,11-32H2,2-4H3. The number of nitrogens with one attached hydrogen (secondary N) is 2. The Balaban J connectivity index is 1.00. The summed E-state index contributed by atoms with van der Waals surface area (Å²) in [6.45, 7) is 14.5. The molecule has 5 rings (SSSR count). The fraction of sp³-hybridized carbons (Fsp3) is 0.767. The maximum absolute atomic E-state index is 14.1. The van der Waals surface area contributed by atoms with E-state index in [0.29, 0.717) is 101 Å². The second-order valence-electron chi connectivity index (χ2n) is 16.7. The molecule has 4 unspecified atom stereocenters. The average molecular weight is 756 g/mol. The van der Waals surface area contributed by atoms with Gasteiger partial charge in [-0.2, -0.15) is 0 Å². The van der Waals surface area contributed by atoms with Crippen molar-refractivity contribution in [1.82, 2.24) is 14.7 Å². The smallest absolute Gasteiger partial charge is 0.248 e. The van der Waals surface area contributed by atoms with Crippen LogP contribution in [0.3, 0.4) is 0 Å². The highest BCUT2D eigenvalue weighted by Crippen LogP contribution is 2.52. The molecule has 302 valence electrons. The monoisotopic (exact) mass is 756 g/mol. The summed E-state index contributed by atoms with van der Waals surface area (Å²) >= 11 is 0. The van der Waals surface area contributed by atoms with Crippen LogP contribution in [0.1, 0.15) is 96.5 Å². The van der Waals surface area contributed by atoms with Crippen molar-refractivity contribution in [1.29, 1.82) is 10.8 Å². The summed E-state index contributed by atoms with van der Waals surface area (Å²) in [5.74, 6) is 1.76. The van der Waals surface area contributed by atoms with E-state index in [9.17, 15) is 14.2 Å². The topological polar surface area (TPSA) is 94.3 Å². The third-order valence-electron chi connectivity index (χ3n) is 12.6. The minimum atomic E-state index is -2.52. The van der Waals surface area contributed by atoms with E-state index in [0.717, 1.165) is 64.7 Å². The Kier molecular flexibility index (Phi) is 16.3. The van der Waals surface area contributed by atoms with E-state index in [2.05, 4.69) is 53.8 Å². The predicted octanol–water partition coefficient (Wildman–Crippen LogP) is 7.31. The van der Waals surface area contributed by atoms with Gasteiger partial charge in [0, 0.05) is 56.5 Å². The molecular formula is C43H67F2N5O4. The van der Waals surface area contributed by atoms with Crippen LogP contribution in [0.2, 0.25) is 0 Å². The summed E-state index contributed by atoms with van der Waals surface area (Å²) < 4.78 is 50.1. The minimum absolute atomic E-state index is 0.00263. The van der Waals surface area contributed by atoms with Crippen molar-refractivity contribution in [2.24, 2.45) is 17.3 Å². The van der Waals surface area contributed by atoms with Crippen molar-refractivity contribution in [3.05, 3.63) is 35.9 Å². The van der Waals surface area contributed by atoms with Crippen LogP contribution in [0.4, 0.5) is 8.78 Å². The number of alkyl halides is 2. The molecule has 2 aliphatic heterocycles. The van der Waals surface area contributed by atoms with Crippen molar-refractivity contribution in [2.45, 2.75) is 115 Å². The Bertz CT molecular complexity index is 1340. The molecule has 9 nitrogen and oxygen atoms in total. The van der Waals surface area contributed by atoms with Gasteiger partial charge in [-0.15, -0.1) is 6.42 Å². The molecule has 1 aromatic rings. The van der Waals surface area contributed by atoms with E-state index in [-0.39, 0.29) is 30.7 Å². The maximum atomic E-state index is 14.1. The van der Waals surface area contributed by atoms with Crippen LogP contribution in [0.25, 0.3) is 0 Å². The molecule has 2 heterocycles. The first-order valence-corrected chi connectivity index (χ1v) is 20.6. The molecule has 1 aromatic carbocycles. The number of hydrogen-bond donors (Lipinski definition) is 2. The Hall–Kier alpha value is -2.46. The van der Waals surface area contributed by atoms with Gasteiger partial charge in [0.05, 0.1) is 52.1 Å². The summed E-state index contributed by atoms with van der Waals surface area (Å²) in [6, 6.07) is 11.5. The highest BCUT2D eigenvalue weighted by molar-refractivity contribution is 5.98. The first-order chi connectivity index (χ1) is 26.0. The molecule has 2 N–H and O–H groups in total. The first kappa shape index (κ1) is 42.7. The van der Waals surface area contributed by atoms with E-state index in [1.807, 2.05) is 17.9 Å². The zero-order valence-corrected chi connectivity index (χ0v) is 33.2. The molecule has 2 saturated heterocycles. The van der Waals surface area contributed by atoms with Crippen LogP contribution >= 0.6 is 0 Å². The largest absolute Gasteiger partial charge is 0.378 e. The summed E-state index contributed by atoms with van der Waals surface area (Å²) in [5.41, 5.74) is 1.59. The zero-order valence-electron chi connectivity index (χ0n) is 33.2. The van der Waals surface area contributed by atoms with Gasteiger partial charge < -0.3 is 23.8 Å². The van der Waals surface area contributed by atoms with Crippen LogP contribution in [-0.4, -0.2) is 129 Å². The lowest BCUT2D eigenvalue weighted by molar-refractivity contribution is -0.0885.